The van der Waals surface area contributed by atoms with E-state index in [1.54, 1.807) is 7.11 Å². The van der Waals surface area contributed by atoms with E-state index in [9.17, 15) is 0 Å². The number of halogens is 1. The maximum absolute atomic E-state index is 7.71. The van der Waals surface area contributed by atoms with Crippen LogP contribution in [0, 0.1) is 5.41 Å². The molecule has 1 atom stereocenters. The molecule has 3 N–H and O–H groups in total. The minimum Gasteiger partial charge on any atom is -0.497 e. The summed E-state index contributed by atoms with van der Waals surface area (Å²) in [5, 5.41) is 20.4. The van der Waals surface area contributed by atoms with Crippen LogP contribution in [0.3, 0.4) is 0 Å². The zero-order valence-corrected chi connectivity index (χ0v) is 20.1. The van der Waals surface area contributed by atoms with E-state index in [-0.39, 0.29) is 24.4 Å². The maximum Gasteiger partial charge on any atom is 0.229 e. The third kappa shape index (κ3) is 5.43. The molecule has 3 heterocycles. The molecule has 1 saturated heterocycles. The molecule has 5 rings (SSSR count). The van der Waals surface area contributed by atoms with Crippen molar-refractivity contribution in [3.05, 3.63) is 66.2 Å². The van der Waals surface area contributed by atoms with Crippen LogP contribution >= 0.6 is 12.4 Å². The van der Waals surface area contributed by atoms with Crippen LogP contribution in [-0.4, -0.2) is 55.7 Å². The van der Waals surface area contributed by atoms with Gasteiger partial charge in [-0.2, -0.15) is 4.98 Å². The first-order valence-corrected chi connectivity index (χ1v) is 11.2. The van der Waals surface area contributed by atoms with Crippen LogP contribution < -0.4 is 10.5 Å². The second kappa shape index (κ2) is 10.6. The van der Waals surface area contributed by atoms with Gasteiger partial charge >= 0.3 is 0 Å². The number of aromatic nitrogens is 5. The topological polar surface area (TPSA) is 132 Å². The molecule has 4 aromatic rings. The lowest BCUT2D eigenvalue weighted by Crippen LogP contribution is -2.41. The van der Waals surface area contributed by atoms with Crippen molar-refractivity contribution >= 4 is 18.4 Å². The second-order valence-corrected chi connectivity index (χ2v) is 8.32. The number of hydrogen-bond acceptors (Lipinski definition) is 7. The number of methoxy groups -OCH3 is 1. The molecule has 2 aromatic heterocycles. The summed E-state index contributed by atoms with van der Waals surface area (Å²) in [5.74, 6) is 2.02. The summed E-state index contributed by atoms with van der Waals surface area (Å²) in [6, 6.07) is 15.9. The largest absolute Gasteiger partial charge is 0.497 e. The summed E-state index contributed by atoms with van der Waals surface area (Å²) in [7, 11) is 1.65. The van der Waals surface area contributed by atoms with Crippen molar-refractivity contribution in [1.82, 2.24) is 30.0 Å². The minimum atomic E-state index is 0. The number of hydrogen-bond donors (Lipinski definition) is 2. The van der Waals surface area contributed by atoms with Crippen molar-refractivity contribution in [3.8, 4) is 28.4 Å². The van der Waals surface area contributed by atoms with E-state index in [0.717, 1.165) is 47.5 Å². The Morgan fingerprint density at radius 3 is 2.60 bits per heavy atom. The van der Waals surface area contributed by atoms with E-state index in [4.69, 9.17) is 20.4 Å². The molecule has 0 unspecified atom stereocenters. The highest BCUT2D eigenvalue weighted by Gasteiger charge is 2.27. The van der Waals surface area contributed by atoms with Gasteiger partial charge in [0.25, 0.3) is 0 Å². The number of nitrogens with zero attached hydrogens (tertiary/aromatic N) is 6. The van der Waals surface area contributed by atoms with Crippen molar-refractivity contribution in [2.24, 2.45) is 5.73 Å². The number of nitrogens with one attached hydrogen (secondary N) is 1. The third-order valence-corrected chi connectivity index (χ3v) is 6.05. The molecule has 0 bridgehead atoms. The first kappa shape index (κ1) is 24.2. The van der Waals surface area contributed by atoms with Gasteiger partial charge < -0.3 is 19.9 Å². The molecule has 0 aliphatic carbocycles. The van der Waals surface area contributed by atoms with Gasteiger partial charge in [0.15, 0.2) is 5.96 Å². The Morgan fingerprint density at radius 2 is 1.89 bits per heavy atom. The van der Waals surface area contributed by atoms with Gasteiger partial charge in [0.1, 0.15) is 11.4 Å². The van der Waals surface area contributed by atoms with E-state index >= 15 is 0 Å². The van der Waals surface area contributed by atoms with Gasteiger partial charge in [-0.15, -0.1) is 17.5 Å². The Labute approximate surface area is 209 Å². The standard InChI is InChI=1S/C24H26N8O2.ClH/c1-33-20-10-8-17(9-11-20)21-15-31(30-28-21)14-16-4-6-18(7-5-16)23-27-22(34-29-23)13-19-3-2-12-32(19)24(25)26;/h4-11,15,19H,2-3,12-14H2,1H3,(H3,25,26);1H/t19-;/m0./s1. The van der Waals surface area contributed by atoms with Crippen LogP contribution in [0.4, 0.5) is 0 Å². The van der Waals surface area contributed by atoms with Crippen LogP contribution in [0.5, 0.6) is 5.75 Å². The summed E-state index contributed by atoms with van der Waals surface area (Å²) in [5.41, 5.74) is 9.44. The number of guanidine groups is 1. The molecule has 1 aliphatic heterocycles. The Balaban J connectivity index is 0.00000289. The molecule has 10 nitrogen and oxygen atoms in total. The average Bonchev–Trinajstić information content (AvgIpc) is 3.61. The molecule has 2 aromatic carbocycles. The Bertz CT molecular complexity index is 1270. The molecule has 35 heavy (non-hydrogen) atoms. The Morgan fingerprint density at radius 1 is 1.14 bits per heavy atom. The smallest absolute Gasteiger partial charge is 0.229 e. The summed E-state index contributed by atoms with van der Waals surface area (Å²) < 4.78 is 12.5. The number of benzene rings is 2. The van der Waals surface area contributed by atoms with Crippen LogP contribution in [0.15, 0.2) is 59.3 Å². The number of nitrogens with two attached hydrogens (primary N) is 1. The molecule has 11 heteroatoms. The lowest BCUT2D eigenvalue weighted by molar-refractivity contribution is 0.320. The van der Waals surface area contributed by atoms with Gasteiger partial charge in [0, 0.05) is 30.1 Å². The maximum atomic E-state index is 7.71. The van der Waals surface area contributed by atoms with Crippen molar-refractivity contribution in [2.45, 2.75) is 31.8 Å². The van der Waals surface area contributed by atoms with Gasteiger partial charge in [0.05, 0.1) is 19.9 Å². The molecule has 0 amide bonds. The quantitative estimate of drug-likeness (QED) is 0.295. The third-order valence-electron chi connectivity index (χ3n) is 6.05. The van der Waals surface area contributed by atoms with Crippen LogP contribution in [0.25, 0.3) is 22.6 Å². The molecule has 1 aliphatic rings. The van der Waals surface area contributed by atoms with E-state index in [0.29, 0.717) is 24.7 Å². The zero-order chi connectivity index (χ0) is 23.5. The lowest BCUT2D eigenvalue weighted by atomic mass is 10.1. The predicted octanol–water partition coefficient (Wildman–Crippen LogP) is 3.37. The molecule has 0 radical (unpaired) electrons. The monoisotopic (exact) mass is 494 g/mol. The van der Waals surface area contributed by atoms with Crippen molar-refractivity contribution in [2.75, 3.05) is 13.7 Å². The van der Waals surface area contributed by atoms with Crippen LogP contribution in [-0.2, 0) is 13.0 Å². The molecule has 182 valence electrons. The molecule has 0 saturated carbocycles. The molecular weight excluding hydrogens is 468 g/mol. The van der Waals surface area contributed by atoms with Gasteiger partial charge in [-0.25, -0.2) is 4.68 Å². The van der Waals surface area contributed by atoms with Gasteiger partial charge in [-0.1, -0.05) is 34.6 Å². The average molecular weight is 495 g/mol. The van der Waals surface area contributed by atoms with Gasteiger partial charge in [-0.3, -0.25) is 5.41 Å². The fourth-order valence-electron chi connectivity index (χ4n) is 4.24. The Kier molecular flexibility index (Phi) is 7.31. The lowest BCUT2D eigenvalue weighted by Gasteiger charge is -2.23. The fraction of sp³-hybridized carbons (Fsp3) is 0.292. The number of rotatable bonds is 7. The van der Waals surface area contributed by atoms with Crippen molar-refractivity contribution in [3.63, 3.8) is 0 Å². The van der Waals surface area contributed by atoms with E-state index in [2.05, 4.69) is 20.5 Å². The van der Waals surface area contributed by atoms with E-state index in [1.807, 2.05) is 64.3 Å². The van der Waals surface area contributed by atoms with Crippen molar-refractivity contribution in [1.29, 1.82) is 5.41 Å². The van der Waals surface area contributed by atoms with E-state index in [1.165, 1.54) is 0 Å². The molecule has 1 fully saturated rings. The fourth-order valence-corrected chi connectivity index (χ4v) is 4.24. The Hall–Kier alpha value is -3.92. The summed E-state index contributed by atoms with van der Waals surface area (Å²) in [6.07, 6.45) is 4.50. The molecular formula is C24H27ClN8O2. The first-order chi connectivity index (χ1) is 16.6. The summed E-state index contributed by atoms with van der Waals surface area (Å²) in [4.78, 5) is 6.44. The molecule has 0 spiro atoms. The number of likely N-dealkylation sites (tertiary alicyclic amines) is 1. The normalized spacial score (nSPS) is 15.1. The highest BCUT2D eigenvalue weighted by molar-refractivity contribution is 5.85. The van der Waals surface area contributed by atoms with Crippen LogP contribution in [0.1, 0.15) is 24.3 Å². The SMILES string of the molecule is COc1ccc(-c2cn(Cc3ccc(-c4noc(C[C@@H]5CCCN5C(=N)N)n4)cc3)nn2)cc1.Cl. The summed E-state index contributed by atoms with van der Waals surface area (Å²) >= 11 is 0. The van der Waals surface area contributed by atoms with Crippen molar-refractivity contribution < 1.29 is 9.26 Å². The highest BCUT2D eigenvalue weighted by Crippen LogP contribution is 2.23. The van der Waals surface area contributed by atoms with E-state index < -0.39 is 0 Å². The van der Waals surface area contributed by atoms with Gasteiger partial charge in [-0.05, 0) is 42.7 Å². The highest BCUT2D eigenvalue weighted by atomic mass is 35.5. The minimum absolute atomic E-state index is 0. The second-order valence-electron chi connectivity index (χ2n) is 8.32. The zero-order valence-electron chi connectivity index (χ0n) is 19.3. The van der Waals surface area contributed by atoms with Crippen LogP contribution in [0.2, 0.25) is 0 Å². The predicted molar refractivity (Wildman–Crippen MR) is 133 cm³/mol. The number of ether oxygens (including phenoxy) is 1. The van der Waals surface area contributed by atoms with Gasteiger partial charge in [0.2, 0.25) is 11.7 Å². The first-order valence-electron chi connectivity index (χ1n) is 11.2. The summed E-state index contributed by atoms with van der Waals surface area (Å²) in [6.45, 7) is 1.40.